The smallest absolute Gasteiger partial charge is 0.246 e. The first-order chi connectivity index (χ1) is 8.45. The second-order valence-corrected chi connectivity index (χ2v) is 6.77. The van der Waals surface area contributed by atoms with Gasteiger partial charge in [0.05, 0.1) is 0 Å². The third-order valence-corrected chi connectivity index (χ3v) is 5.53. The molecule has 0 unspecified atom stereocenters. The normalized spacial score (nSPS) is 19.3. The van der Waals surface area contributed by atoms with E-state index in [9.17, 15) is 8.42 Å². The van der Waals surface area contributed by atoms with Crippen molar-refractivity contribution in [2.75, 3.05) is 19.6 Å². The van der Waals surface area contributed by atoms with Crippen LogP contribution in [0, 0.1) is 19.8 Å². The van der Waals surface area contributed by atoms with E-state index < -0.39 is 10.0 Å². The second kappa shape index (κ2) is 5.03. The molecule has 0 radical (unpaired) electrons. The molecule has 0 aliphatic carbocycles. The van der Waals surface area contributed by atoms with Crippen LogP contribution in [0.2, 0.25) is 0 Å². The maximum absolute atomic E-state index is 12.5. The van der Waals surface area contributed by atoms with Crippen molar-refractivity contribution in [3.05, 3.63) is 17.6 Å². The first-order valence-electron chi connectivity index (χ1n) is 6.22. The second-order valence-electron chi connectivity index (χ2n) is 4.86. The zero-order valence-corrected chi connectivity index (χ0v) is 11.7. The predicted octanol–water partition coefficient (Wildman–Crippen LogP) is 1.26. The molecule has 5 nitrogen and oxygen atoms in total. The summed E-state index contributed by atoms with van der Waals surface area (Å²) in [6, 6.07) is 1.60. The number of piperidine rings is 1. The molecule has 1 aliphatic rings. The fourth-order valence-corrected chi connectivity index (χ4v) is 4.08. The van der Waals surface area contributed by atoms with Crippen LogP contribution in [-0.2, 0) is 10.0 Å². The highest BCUT2D eigenvalue weighted by atomic mass is 32.2. The van der Waals surface area contributed by atoms with Crippen molar-refractivity contribution in [2.45, 2.75) is 31.6 Å². The van der Waals surface area contributed by atoms with Crippen LogP contribution in [0.1, 0.15) is 24.4 Å². The summed E-state index contributed by atoms with van der Waals surface area (Å²) in [5.74, 6) is 1.54. The number of furan rings is 1. The average Bonchev–Trinajstić information content (AvgIpc) is 2.69. The highest BCUT2D eigenvalue weighted by Gasteiger charge is 2.31. The monoisotopic (exact) mass is 272 g/mol. The van der Waals surface area contributed by atoms with Gasteiger partial charge in [-0.1, -0.05) is 0 Å². The van der Waals surface area contributed by atoms with Crippen molar-refractivity contribution in [3.63, 3.8) is 0 Å². The Morgan fingerprint density at radius 1 is 1.39 bits per heavy atom. The van der Waals surface area contributed by atoms with Gasteiger partial charge in [-0.25, -0.2) is 8.42 Å². The Hall–Kier alpha value is -0.850. The summed E-state index contributed by atoms with van der Waals surface area (Å²) >= 11 is 0. The van der Waals surface area contributed by atoms with Crippen LogP contribution in [0.5, 0.6) is 0 Å². The van der Waals surface area contributed by atoms with E-state index in [0.29, 0.717) is 42.0 Å². The van der Waals surface area contributed by atoms with Crippen LogP contribution in [0.4, 0.5) is 0 Å². The average molecular weight is 272 g/mol. The summed E-state index contributed by atoms with van der Waals surface area (Å²) in [5, 5.41) is 0. The van der Waals surface area contributed by atoms with Gasteiger partial charge in [-0.15, -0.1) is 0 Å². The van der Waals surface area contributed by atoms with Crippen LogP contribution in [-0.4, -0.2) is 32.4 Å². The largest absolute Gasteiger partial charge is 0.465 e. The molecule has 18 heavy (non-hydrogen) atoms. The van der Waals surface area contributed by atoms with Gasteiger partial charge in [0, 0.05) is 13.1 Å². The maximum Gasteiger partial charge on any atom is 0.246 e. The summed E-state index contributed by atoms with van der Waals surface area (Å²) in [7, 11) is -3.40. The number of hydrogen-bond acceptors (Lipinski definition) is 4. The SMILES string of the molecule is Cc1cc(S(=O)(=O)N2CCC(CN)CC2)c(C)o1. The molecule has 1 aromatic heterocycles. The molecule has 0 spiro atoms. The minimum Gasteiger partial charge on any atom is -0.465 e. The molecule has 2 N–H and O–H groups in total. The van der Waals surface area contributed by atoms with E-state index >= 15 is 0 Å². The molecule has 0 atom stereocenters. The Labute approximate surface area is 108 Å². The Morgan fingerprint density at radius 2 is 2.00 bits per heavy atom. The summed E-state index contributed by atoms with van der Waals surface area (Å²) in [6.07, 6.45) is 1.68. The third kappa shape index (κ3) is 2.46. The van der Waals surface area contributed by atoms with Crippen molar-refractivity contribution in [3.8, 4) is 0 Å². The molecule has 1 fully saturated rings. The molecule has 1 aliphatic heterocycles. The number of sulfonamides is 1. The van der Waals surface area contributed by atoms with Crippen molar-refractivity contribution in [1.29, 1.82) is 0 Å². The van der Waals surface area contributed by atoms with Gasteiger partial charge in [-0.05, 0) is 45.2 Å². The zero-order valence-electron chi connectivity index (χ0n) is 10.8. The van der Waals surface area contributed by atoms with Crippen LogP contribution < -0.4 is 5.73 Å². The van der Waals surface area contributed by atoms with Gasteiger partial charge in [0.25, 0.3) is 0 Å². The number of nitrogens with two attached hydrogens (primary N) is 1. The minimum atomic E-state index is -3.40. The molecule has 2 heterocycles. The summed E-state index contributed by atoms with van der Waals surface area (Å²) in [5.41, 5.74) is 5.61. The van der Waals surface area contributed by atoms with Gasteiger partial charge in [0.1, 0.15) is 16.4 Å². The number of rotatable bonds is 3. The van der Waals surface area contributed by atoms with E-state index in [1.165, 1.54) is 4.31 Å². The van der Waals surface area contributed by atoms with E-state index in [0.717, 1.165) is 12.8 Å². The molecule has 0 bridgehead atoms. The molecule has 2 rings (SSSR count). The van der Waals surface area contributed by atoms with E-state index in [1.54, 1.807) is 19.9 Å². The standard InChI is InChI=1S/C12H20N2O3S/c1-9-7-12(10(2)17-9)18(15,16)14-5-3-11(8-13)4-6-14/h7,11H,3-6,8,13H2,1-2H3. The van der Waals surface area contributed by atoms with E-state index in [-0.39, 0.29) is 0 Å². The molecule has 0 aromatic carbocycles. The fraction of sp³-hybridized carbons (Fsp3) is 0.667. The first-order valence-corrected chi connectivity index (χ1v) is 7.66. The molecule has 1 aromatic rings. The van der Waals surface area contributed by atoms with E-state index in [4.69, 9.17) is 10.2 Å². The van der Waals surface area contributed by atoms with Gasteiger partial charge in [0.15, 0.2) is 0 Å². The Morgan fingerprint density at radius 3 is 2.44 bits per heavy atom. The van der Waals surface area contributed by atoms with Crippen LogP contribution in [0.3, 0.4) is 0 Å². The van der Waals surface area contributed by atoms with Gasteiger partial charge in [-0.2, -0.15) is 4.31 Å². The zero-order chi connectivity index (χ0) is 13.3. The third-order valence-electron chi connectivity index (χ3n) is 3.52. The first kappa shape index (κ1) is 13.6. The maximum atomic E-state index is 12.5. The molecular formula is C12H20N2O3S. The minimum absolute atomic E-state index is 0.297. The fourth-order valence-electron chi connectivity index (χ4n) is 2.39. The molecule has 0 saturated carbocycles. The van der Waals surface area contributed by atoms with Gasteiger partial charge < -0.3 is 10.2 Å². The predicted molar refractivity (Wildman–Crippen MR) is 68.7 cm³/mol. The highest BCUT2D eigenvalue weighted by molar-refractivity contribution is 7.89. The Bertz CT molecular complexity index is 513. The van der Waals surface area contributed by atoms with Crippen LogP contribution in [0.25, 0.3) is 0 Å². The van der Waals surface area contributed by atoms with Crippen molar-refractivity contribution in [1.82, 2.24) is 4.31 Å². The lowest BCUT2D eigenvalue weighted by Crippen LogP contribution is -2.40. The summed E-state index contributed by atoms with van der Waals surface area (Å²) in [4.78, 5) is 0.297. The number of hydrogen-bond donors (Lipinski definition) is 1. The van der Waals surface area contributed by atoms with Crippen molar-refractivity contribution in [2.24, 2.45) is 11.7 Å². The van der Waals surface area contributed by atoms with Crippen molar-refractivity contribution >= 4 is 10.0 Å². The lowest BCUT2D eigenvalue weighted by atomic mass is 9.99. The topological polar surface area (TPSA) is 76.5 Å². The summed E-state index contributed by atoms with van der Waals surface area (Å²) < 4.78 is 31.7. The van der Waals surface area contributed by atoms with Crippen LogP contribution >= 0.6 is 0 Å². The quantitative estimate of drug-likeness (QED) is 0.898. The lowest BCUT2D eigenvalue weighted by Gasteiger charge is -2.30. The van der Waals surface area contributed by atoms with E-state index in [2.05, 4.69) is 0 Å². The molecular weight excluding hydrogens is 252 g/mol. The molecule has 6 heteroatoms. The Kier molecular flexibility index (Phi) is 3.79. The number of nitrogens with zero attached hydrogens (tertiary/aromatic N) is 1. The molecule has 0 amide bonds. The molecule has 1 saturated heterocycles. The van der Waals surface area contributed by atoms with Crippen LogP contribution in [0.15, 0.2) is 15.4 Å². The summed E-state index contributed by atoms with van der Waals surface area (Å²) in [6.45, 7) is 5.18. The van der Waals surface area contributed by atoms with Crippen molar-refractivity contribution < 1.29 is 12.8 Å². The highest BCUT2D eigenvalue weighted by Crippen LogP contribution is 2.27. The lowest BCUT2D eigenvalue weighted by molar-refractivity contribution is 0.278. The van der Waals surface area contributed by atoms with Gasteiger partial charge in [-0.3, -0.25) is 0 Å². The van der Waals surface area contributed by atoms with Gasteiger partial charge >= 0.3 is 0 Å². The Balaban J connectivity index is 2.20. The molecule has 102 valence electrons. The number of aryl methyl sites for hydroxylation is 2. The van der Waals surface area contributed by atoms with E-state index in [1.807, 2.05) is 0 Å². The van der Waals surface area contributed by atoms with Gasteiger partial charge in [0.2, 0.25) is 10.0 Å².